The van der Waals surface area contributed by atoms with Gasteiger partial charge in [0.15, 0.2) is 0 Å². The third kappa shape index (κ3) is 6.50. The molecule has 5 heteroatoms. The maximum absolute atomic E-state index is 12.9. The summed E-state index contributed by atoms with van der Waals surface area (Å²) in [4.78, 5) is 28.4. The van der Waals surface area contributed by atoms with Gasteiger partial charge in [0.2, 0.25) is 0 Å². The zero-order valence-electron chi connectivity index (χ0n) is 16.6. The van der Waals surface area contributed by atoms with E-state index in [0.717, 1.165) is 6.54 Å². The maximum Gasteiger partial charge on any atom is 0.310 e. The Morgan fingerprint density at radius 3 is 2.08 bits per heavy atom. The van der Waals surface area contributed by atoms with Gasteiger partial charge < -0.3 is 14.5 Å². The molecule has 0 radical (unpaired) electrons. The van der Waals surface area contributed by atoms with Crippen LogP contribution in [0, 0.1) is 5.92 Å². The van der Waals surface area contributed by atoms with E-state index >= 15 is 0 Å². The van der Waals surface area contributed by atoms with Gasteiger partial charge in [-0.2, -0.15) is 0 Å². The highest BCUT2D eigenvalue weighted by molar-refractivity contribution is 5.94. The number of benzene rings is 1. The van der Waals surface area contributed by atoms with Gasteiger partial charge in [-0.1, -0.05) is 39.8 Å². The zero-order chi connectivity index (χ0) is 19.2. The first-order valence-corrected chi connectivity index (χ1v) is 8.68. The van der Waals surface area contributed by atoms with Crippen molar-refractivity contribution in [2.75, 3.05) is 40.8 Å². The minimum atomic E-state index is -0.357. The molecule has 1 atom stereocenters. The van der Waals surface area contributed by atoms with Crippen molar-refractivity contribution >= 4 is 11.9 Å². The minimum Gasteiger partial charge on any atom is -0.469 e. The van der Waals surface area contributed by atoms with Crippen LogP contribution < -0.4 is 0 Å². The molecule has 5 nitrogen and oxygen atoms in total. The molecule has 1 aromatic rings. The summed E-state index contributed by atoms with van der Waals surface area (Å²) in [5.41, 5.74) is 1.88. The SMILES string of the molecule is COC(=O)C(C)CN(CCN(C)C)C(=O)c1ccc(C(C)(C)C)cc1. The quantitative estimate of drug-likeness (QED) is 0.711. The van der Waals surface area contributed by atoms with Crippen LogP contribution in [0.5, 0.6) is 0 Å². The second-order valence-electron chi connectivity index (χ2n) is 7.81. The first-order valence-electron chi connectivity index (χ1n) is 8.68. The predicted octanol–water partition coefficient (Wildman–Crippen LogP) is 2.80. The number of rotatable bonds is 7. The lowest BCUT2D eigenvalue weighted by molar-refractivity contribution is -0.145. The molecule has 25 heavy (non-hydrogen) atoms. The van der Waals surface area contributed by atoms with Gasteiger partial charge in [-0.15, -0.1) is 0 Å². The molecule has 0 saturated carbocycles. The van der Waals surface area contributed by atoms with Crippen LogP contribution in [0.2, 0.25) is 0 Å². The van der Waals surface area contributed by atoms with Crippen LogP contribution in [0.25, 0.3) is 0 Å². The van der Waals surface area contributed by atoms with Crippen molar-refractivity contribution in [3.05, 3.63) is 35.4 Å². The number of hydrogen-bond acceptors (Lipinski definition) is 4. The molecule has 0 bridgehead atoms. The van der Waals surface area contributed by atoms with Crippen molar-refractivity contribution in [3.8, 4) is 0 Å². The van der Waals surface area contributed by atoms with E-state index in [2.05, 4.69) is 20.8 Å². The fourth-order valence-corrected chi connectivity index (χ4v) is 2.50. The molecule has 0 heterocycles. The summed E-state index contributed by atoms with van der Waals surface area (Å²) in [5, 5.41) is 0. The molecule has 1 rings (SSSR count). The third-order valence-corrected chi connectivity index (χ3v) is 4.20. The lowest BCUT2D eigenvalue weighted by Crippen LogP contribution is -2.41. The number of ether oxygens (including phenoxy) is 1. The summed E-state index contributed by atoms with van der Waals surface area (Å²) in [6.45, 7) is 9.86. The Hall–Kier alpha value is -1.88. The number of likely N-dealkylation sites (N-methyl/N-ethyl adjacent to an activating group) is 1. The molecule has 0 fully saturated rings. The first-order chi connectivity index (χ1) is 11.6. The number of esters is 1. The molecule has 0 aliphatic rings. The van der Waals surface area contributed by atoms with Crippen LogP contribution in [0.4, 0.5) is 0 Å². The molecule has 1 amide bonds. The smallest absolute Gasteiger partial charge is 0.310 e. The molecule has 0 spiro atoms. The van der Waals surface area contributed by atoms with Gasteiger partial charge >= 0.3 is 5.97 Å². The second-order valence-corrected chi connectivity index (χ2v) is 7.81. The van der Waals surface area contributed by atoms with Gasteiger partial charge in [0, 0.05) is 25.2 Å². The highest BCUT2D eigenvalue weighted by atomic mass is 16.5. The summed E-state index contributed by atoms with van der Waals surface area (Å²) in [6.07, 6.45) is 0. The van der Waals surface area contributed by atoms with Gasteiger partial charge in [0.1, 0.15) is 0 Å². The van der Waals surface area contributed by atoms with E-state index in [-0.39, 0.29) is 23.2 Å². The summed E-state index contributed by atoms with van der Waals surface area (Å²) >= 11 is 0. The summed E-state index contributed by atoms with van der Waals surface area (Å²) in [7, 11) is 5.30. The van der Waals surface area contributed by atoms with Crippen LogP contribution >= 0.6 is 0 Å². The monoisotopic (exact) mass is 348 g/mol. The summed E-state index contributed by atoms with van der Waals surface area (Å²) in [6, 6.07) is 7.74. The normalized spacial score (nSPS) is 12.8. The molecular weight excluding hydrogens is 316 g/mol. The lowest BCUT2D eigenvalue weighted by atomic mass is 9.86. The highest BCUT2D eigenvalue weighted by Gasteiger charge is 2.23. The highest BCUT2D eigenvalue weighted by Crippen LogP contribution is 2.22. The van der Waals surface area contributed by atoms with Crippen molar-refractivity contribution in [1.82, 2.24) is 9.80 Å². The molecular formula is C20H32N2O3. The number of amides is 1. The van der Waals surface area contributed by atoms with Crippen LogP contribution in [0.15, 0.2) is 24.3 Å². The number of nitrogens with zero attached hydrogens (tertiary/aromatic N) is 2. The average molecular weight is 348 g/mol. The van der Waals surface area contributed by atoms with Crippen LogP contribution in [0.3, 0.4) is 0 Å². The molecule has 140 valence electrons. The largest absolute Gasteiger partial charge is 0.469 e. The van der Waals surface area contributed by atoms with E-state index in [1.165, 1.54) is 12.7 Å². The molecule has 1 aromatic carbocycles. The molecule has 0 N–H and O–H groups in total. The maximum atomic E-state index is 12.9. The van der Waals surface area contributed by atoms with Gasteiger partial charge in [-0.05, 0) is 37.2 Å². The van der Waals surface area contributed by atoms with Crippen molar-refractivity contribution < 1.29 is 14.3 Å². The summed E-state index contributed by atoms with van der Waals surface area (Å²) < 4.78 is 4.79. The fraction of sp³-hybridized carbons (Fsp3) is 0.600. The number of carbonyl (C=O) groups excluding carboxylic acids is 2. The Labute approximate surface area is 151 Å². The lowest BCUT2D eigenvalue weighted by Gasteiger charge is -2.27. The first kappa shape index (κ1) is 21.2. The van der Waals surface area contributed by atoms with Crippen LogP contribution in [-0.2, 0) is 14.9 Å². The number of carbonyl (C=O) groups is 2. The van der Waals surface area contributed by atoms with Crippen molar-refractivity contribution in [2.45, 2.75) is 33.1 Å². The molecule has 0 saturated heterocycles. The topological polar surface area (TPSA) is 49.9 Å². The molecule has 0 aromatic heterocycles. The van der Waals surface area contributed by atoms with Crippen molar-refractivity contribution in [2.24, 2.45) is 5.92 Å². The van der Waals surface area contributed by atoms with E-state index < -0.39 is 0 Å². The van der Waals surface area contributed by atoms with Crippen LogP contribution in [0.1, 0.15) is 43.6 Å². The fourth-order valence-electron chi connectivity index (χ4n) is 2.50. The molecule has 0 aliphatic carbocycles. The Morgan fingerprint density at radius 2 is 1.64 bits per heavy atom. The Kier molecular flexibility index (Phi) is 7.61. The Morgan fingerprint density at radius 1 is 1.08 bits per heavy atom. The average Bonchev–Trinajstić information content (AvgIpc) is 2.56. The zero-order valence-corrected chi connectivity index (χ0v) is 16.6. The van der Waals surface area contributed by atoms with E-state index in [0.29, 0.717) is 18.7 Å². The van der Waals surface area contributed by atoms with Gasteiger partial charge in [0.25, 0.3) is 5.91 Å². The van der Waals surface area contributed by atoms with E-state index in [1.807, 2.05) is 43.3 Å². The molecule has 0 aliphatic heterocycles. The van der Waals surface area contributed by atoms with Crippen molar-refractivity contribution in [1.29, 1.82) is 0 Å². The summed E-state index contributed by atoms with van der Waals surface area (Å²) in [5.74, 6) is -0.714. The standard InChI is InChI=1S/C20H32N2O3/c1-15(19(24)25-7)14-22(13-12-21(5)6)18(23)16-8-10-17(11-9-16)20(2,3)4/h8-11,15H,12-14H2,1-7H3. The van der Waals surface area contributed by atoms with Crippen molar-refractivity contribution in [3.63, 3.8) is 0 Å². The van der Waals surface area contributed by atoms with Gasteiger partial charge in [0.05, 0.1) is 13.0 Å². The third-order valence-electron chi connectivity index (χ3n) is 4.20. The number of methoxy groups -OCH3 is 1. The Bertz CT molecular complexity index is 574. The van der Waals surface area contributed by atoms with Crippen LogP contribution in [-0.4, -0.2) is 62.5 Å². The second kappa shape index (κ2) is 8.99. The predicted molar refractivity (Wildman–Crippen MR) is 101 cm³/mol. The minimum absolute atomic E-state index is 0.0472. The van der Waals surface area contributed by atoms with E-state index in [1.54, 1.807) is 11.8 Å². The van der Waals surface area contributed by atoms with Gasteiger partial charge in [-0.25, -0.2) is 0 Å². The van der Waals surface area contributed by atoms with Gasteiger partial charge in [-0.3, -0.25) is 9.59 Å². The Balaban J connectivity index is 2.95. The molecule has 1 unspecified atom stereocenters. The van der Waals surface area contributed by atoms with E-state index in [9.17, 15) is 9.59 Å². The number of hydrogen-bond donors (Lipinski definition) is 0. The van der Waals surface area contributed by atoms with E-state index in [4.69, 9.17) is 4.74 Å².